The summed E-state index contributed by atoms with van der Waals surface area (Å²) in [6, 6.07) is 0. The highest BCUT2D eigenvalue weighted by Crippen LogP contribution is 2.16. The summed E-state index contributed by atoms with van der Waals surface area (Å²) in [5.41, 5.74) is 0. The lowest BCUT2D eigenvalue weighted by atomic mass is 10.5. The third-order valence-corrected chi connectivity index (χ3v) is 3.00. The maximum atomic E-state index is 5.34. The predicted octanol–water partition coefficient (Wildman–Crippen LogP) is 0.999. The third-order valence-electron chi connectivity index (χ3n) is 1.40. The number of ether oxygens (including phenoxy) is 1. The van der Waals surface area contributed by atoms with Gasteiger partial charge in [0.15, 0.2) is 0 Å². The van der Waals surface area contributed by atoms with E-state index in [4.69, 9.17) is 4.74 Å². The van der Waals surface area contributed by atoms with Crippen molar-refractivity contribution in [3.05, 3.63) is 0 Å². The highest BCUT2D eigenvalue weighted by molar-refractivity contribution is 8.00. The van der Waals surface area contributed by atoms with Gasteiger partial charge in [-0.15, -0.1) is 23.5 Å². The van der Waals surface area contributed by atoms with Crippen molar-refractivity contribution in [2.45, 2.75) is 10.7 Å². The molecule has 1 aliphatic rings. The Kier molecular flexibility index (Phi) is 3.91. The van der Waals surface area contributed by atoms with Gasteiger partial charge in [-0.05, 0) is 12.5 Å². The summed E-state index contributed by atoms with van der Waals surface area (Å²) in [5, 5.41) is 5.25. The van der Waals surface area contributed by atoms with E-state index >= 15 is 0 Å². The van der Waals surface area contributed by atoms with Crippen LogP contribution in [0.3, 0.4) is 0 Å². The highest BCUT2D eigenvalue weighted by Gasteiger charge is 2.20. The second kappa shape index (κ2) is 4.49. The maximum absolute atomic E-state index is 5.34. The predicted molar refractivity (Wildman–Crippen MR) is 47.6 cm³/mol. The van der Waals surface area contributed by atoms with Crippen molar-refractivity contribution in [1.29, 1.82) is 0 Å². The molecule has 0 N–H and O–H groups in total. The van der Waals surface area contributed by atoms with Gasteiger partial charge in [0.25, 0.3) is 0 Å². The first-order chi connectivity index (χ1) is 4.86. The van der Waals surface area contributed by atoms with E-state index in [9.17, 15) is 0 Å². The Morgan fingerprint density at radius 1 is 1.20 bits per heavy atom. The molecule has 2 unspecified atom stereocenters. The average Bonchev–Trinajstić information content (AvgIpc) is 2.05. The van der Waals surface area contributed by atoms with Gasteiger partial charge in [0.2, 0.25) is 0 Å². The maximum Gasteiger partial charge on any atom is 0.0943 e. The van der Waals surface area contributed by atoms with Crippen molar-refractivity contribution in [2.24, 2.45) is 0 Å². The molecule has 0 bridgehead atoms. The summed E-state index contributed by atoms with van der Waals surface area (Å²) < 4.78 is 5.34. The Bertz CT molecular complexity index is 91.7. The van der Waals surface area contributed by atoms with Crippen molar-refractivity contribution >= 4 is 23.5 Å². The molecular formula is C6H12NOS2. The highest BCUT2D eigenvalue weighted by atomic mass is 32.2. The minimum absolute atomic E-state index is 0.367. The van der Waals surface area contributed by atoms with E-state index < -0.39 is 0 Å². The van der Waals surface area contributed by atoms with Crippen LogP contribution in [0.25, 0.3) is 0 Å². The summed E-state index contributed by atoms with van der Waals surface area (Å²) in [7, 11) is 0. The molecule has 2 atom stereocenters. The molecule has 0 amide bonds. The normalized spacial score (nSPS) is 34.2. The number of hydrogen-bond donors (Lipinski definition) is 0. The molecule has 0 aromatic carbocycles. The Morgan fingerprint density at radius 3 is 2.10 bits per heavy atom. The molecule has 1 fully saturated rings. The Hall–Kier alpha value is 0.620. The summed E-state index contributed by atoms with van der Waals surface area (Å²) in [5.74, 6) is 0. The molecule has 10 heavy (non-hydrogen) atoms. The van der Waals surface area contributed by atoms with Gasteiger partial charge < -0.3 is 4.74 Å². The largest absolute Gasteiger partial charge is 0.376 e. The molecule has 0 aliphatic carbocycles. The van der Waals surface area contributed by atoms with Crippen molar-refractivity contribution in [3.63, 3.8) is 0 Å². The van der Waals surface area contributed by atoms with Gasteiger partial charge in [0, 0.05) is 0 Å². The third kappa shape index (κ3) is 2.34. The SMILES string of the molecule is CSC1COCC(SC)[N]1. The van der Waals surface area contributed by atoms with Crippen LogP contribution >= 0.6 is 23.5 Å². The molecule has 4 heteroatoms. The smallest absolute Gasteiger partial charge is 0.0943 e. The van der Waals surface area contributed by atoms with Gasteiger partial charge >= 0.3 is 0 Å². The van der Waals surface area contributed by atoms with E-state index in [-0.39, 0.29) is 0 Å². The quantitative estimate of drug-likeness (QED) is 0.630. The first-order valence-corrected chi connectivity index (χ1v) is 5.77. The lowest BCUT2D eigenvalue weighted by molar-refractivity contribution is 0.0897. The summed E-state index contributed by atoms with van der Waals surface area (Å²) in [4.78, 5) is 0. The Morgan fingerprint density at radius 2 is 1.70 bits per heavy atom. The summed E-state index contributed by atoms with van der Waals surface area (Å²) in [6.45, 7) is 1.58. The standard InChI is InChI=1S/C6H12NOS2/c1-9-5-3-8-4-6(7-5)10-2/h5-6H,3-4H2,1-2H3. The lowest BCUT2D eigenvalue weighted by Crippen LogP contribution is -2.39. The first kappa shape index (κ1) is 8.71. The van der Waals surface area contributed by atoms with Crippen LogP contribution in [-0.2, 0) is 4.74 Å². The number of nitrogens with zero attached hydrogens (tertiary/aromatic N) is 1. The van der Waals surface area contributed by atoms with E-state index in [1.807, 2.05) is 0 Å². The molecule has 59 valence electrons. The number of hydrogen-bond acceptors (Lipinski definition) is 3. The van der Waals surface area contributed by atoms with Crippen LogP contribution in [0, 0.1) is 0 Å². The molecule has 0 saturated carbocycles. The Labute approximate surface area is 70.5 Å². The van der Waals surface area contributed by atoms with Gasteiger partial charge in [-0.2, -0.15) is 0 Å². The van der Waals surface area contributed by atoms with E-state index in [2.05, 4.69) is 17.8 Å². The monoisotopic (exact) mass is 178 g/mol. The van der Waals surface area contributed by atoms with Crippen molar-refractivity contribution < 1.29 is 4.74 Å². The minimum atomic E-state index is 0.367. The zero-order valence-electron chi connectivity index (χ0n) is 6.24. The molecule has 1 rings (SSSR count). The van der Waals surface area contributed by atoms with Crippen molar-refractivity contribution in [1.82, 2.24) is 5.32 Å². The second-order valence-electron chi connectivity index (χ2n) is 2.07. The van der Waals surface area contributed by atoms with Crippen LogP contribution in [0.4, 0.5) is 0 Å². The van der Waals surface area contributed by atoms with E-state index in [1.54, 1.807) is 23.5 Å². The molecule has 2 nitrogen and oxygen atoms in total. The molecule has 1 radical (unpaired) electrons. The van der Waals surface area contributed by atoms with E-state index in [1.165, 1.54) is 0 Å². The molecule has 1 saturated heterocycles. The van der Waals surface area contributed by atoms with Crippen LogP contribution in [0.2, 0.25) is 0 Å². The van der Waals surface area contributed by atoms with Crippen LogP contribution < -0.4 is 5.32 Å². The minimum Gasteiger partial charge on any atom is -0.376 e. The van der Waals surface area contributed by atoms with Crippen LogP contribution in [0.5, 0.6) is 0 Å². The molecule has 1 aliphatic heterocycles. The topological polar surface area (TPSA) is 23.3 Å². The molecule has 1 heterocycles. The summed E-state index contributed by atoms with van der Waals surface area (Å²) in [6.07, 6.45) is 4.14. The molecule has 0 aromatic rings. The fourth-order valence-electron chi connectivity index (χ4n) is 0.799. The number of thioether (sulfide) groups is 2. The molecule has 0 aromatic heterocycles. The number of morpholine rings is 1. The van der Waals surface area contributed by atoms with Gasteiger partial charge in [-0.25, -0.2) is 5.32 Å². The van der Waals surface area contributed by atoms with Gasteiger partial charge in [-0.3, -0.25) is 0 Å². The van der Waals surface area contributed by atoms with Gasteiger partial charge in [0.05, 0.1) is 24.0 Å². The average molecular weight is 178 g/mol. The van der Waals surface area contributed by atoms with E-state index in [0.29, 0.717) is 10.7 Å². The van der Waals surface area contributed by atoms with Crippen LogP contribution in [0.1, 0.15) is 0 Å². The number of rotatable bonds is 2. The first-order valence-electron chi connectivity index (χ1n) is 3.20. The second-order valence-corrected chi connectivity index (χ2v) is 4.10. The molecule has 0 spiro atoms. The van der Waals surface area contributed by atoms with Crippen molar-refractivity contribution in [3.8, 4) is 0 Å². The van der Waals surface area contributed by atoms with Gasteiger partial charge in [-0.1, -0.05) is 0 Å². The zero-order chi connectivity index (χ0) is 7.40. The lowest BCUT2D eigenvalue weighted by Gasteiger charge is -2.26. The van der Waals surface area contributed by atoms with E-state index in [0.717, 1.165) is 13.2 Å². The van der Waals surface area contributed by atoms with Crippen LogP contribution in [0.15, 0.2) is 0 Å². The zero-order valence-corrected chi connectivity index (χ0v) is 7.87. The molecular weight excluding hydrogens is 166 g/mol. The van der Waals surface area contributed by atoms with Crippen LogP contribution in [-0.4, -0.2) is 36.5 Å². The Balaban J connectivity index is 2.25. The van der Waals surface area contributed by atoms with Gasteiger partial charge in [0.1, 0.15) is 0 Å². The summed E-state index contributed by atoms with van der Waals surface area (Å²) >= 11 is 3.52. The fraction of sp³-hybridized carbons (Fsp3) is 1.00. The van der Waals surface area contributed by atoms with Crippen molar-refractivity contribution in [2.75, 3.05) is 25.7 Å². The fourth-order valence-corrected chi connectivity index (χ4v) is 1.88.